The van der Waals surface area contributed by atoms with E-state index >= 15 is 0 Å². The van der Waals surface area contributed by atoms with Crippen LogP contribution in [0, 0.1) is 0 Å². The molecule has 10 heteroatoms. The number of carbonyl (C=O) groups excluding carboxylic acids is 2. The van der Waals surface area contributed by atoms with Crippen LogP contribution in [0.1, 0.15) is 46.1 Å². The summed E-state index contributed by atoms with van der Waals surface area (Å²) in [4.78, 5) is 26.8. The summed E-state index contributed by atoms with van der Waals surface area (Å²) in [7, 11) is 0. The Morgan fingerprint density at radius 2 is 1.82 bits per heavy atom. The van der Waals surface area contributed by atoms with Crippen molar-refractivity contribution in [2.75, 3.05) is 5.32 Å². The molecule has 1 aliphatic rings. The number of fused-ring (bicyclic) bond motifs is 1. The van der Waals surface area contributed by atoms with Crippen LogP contribution in [-0.4, -0.2) is 26.8 Å². The first kappa shape index (κ1) is 26.4. The highest BCUT2D eigenvalue weighted by Crippen LogP contribution is 2.39. The molecule has 1 fully saturated rings. The molecule has 3 aromatic carbocycles. The smallest absolute Gasteiger partial charge is 0.342 e. The maximum Gasteiger partial charge on any atom is 0.342 e. The molecule has 1 aliphatic carbocycles. The van der Waals surface area contributed by atoms with E-state index in [1.165, 1.54) is 22.1 Å². The molecule has 1 saturated carbocycles. The zero-order valence-corrected chi connectivity index (χ0v) is 23.5. The minimum Gasteiger partial charge on any atom is -0.507 e. The lowest BCUT2D eigenvalue weighted by Crippen LogP contribution is -2.31. The Balaban J connectivity index is 1.25. The van der Waals surface area contributed by atoms with Gasteiger partial charge in [-0.25, -0.2) is 4.79 Å². The third kappa shape index (κ3) is 5.30. The minimum atomic E-state index is -0.382. The molecule has 7 nitrogen and oxygen atoms in total. The van der Waals surface area contributed by atoms with Gasteiger partial charge in [-0.2, -0.15) is 9.78 Å². The molecule has 2 aromatic heterocycles. The van der Waals surface area contributed by atoms with Crippen molar-refractivity contribution in [3.63, 3.8) is 0 Å². The van der Waals surface area contributed by atoms with Crippen molar-refractivity contribution in [1.29, 1.82) is 0 Å². The molecule has 0 radical (unpaired) electrons. The fourth-order valence-corrected chi connectivity index (χ4v) is 5.97. The monoisotopic (exact) mass is 590 g/mol. The topological polar surface area (TPSA) is 96.2 Å². The van der Waals surface area contributed by atoms with E-state index in [0.717, 1.165) is 40.6 Å². The van der Waals surface area contributed by atoms with E-state index in [1.54, 1.807) is 30.3 Å². The van der Waals surface area contributed by atoms with E-state index in [4.69, 9.17) is 23.2 Å². The average molecular weight is 592 g/mol. The van der Waals surface area contributed by atoms with Crippen molar-refractivity contribution in [2.24, 2.45) is 0 Å². The number of nitrogens with zero attached hydrogens (tertiary/aromatic N) is 2. The van der Waals surface area contributed by atoms with Crippen LogP contribution in [0.3, 0.4) is 0 Å². The number of benzene rings is 3. The van der Waals surface area contributed by atoms with Gasteiger partial charge in [0.05, 0.1) is 26.3 Å². The standard InChI is InChI=1S/C30H24Cl2N4O3S/c31-22-10-8-17(12-23(22)32)16-33-30(39)36-25(18-5-3-6-18)15-24(35-36)21-14-20(9-11-26(21)37)34-29(38)28-13-19-4-1-2-7-27(19)40-28/h1-2,4,7-15,18,37H,3,5-6,16H2,(H,33,39)(H,34,38). The van der Waals surface area contributed by atoms with Gasteiger partial charge in [-0.1, -0.05) is 53.9 Å². The van der Waals surface area contributed by atoms with E-state index in [9.17, 15) is 14.7 Å². The lowest BCUT2D eigenvalue weighted by atomic mass is 9.82. The van der Waals surface area contributed by atoms with Crippen molar-refractivity contribution in [1.82, 2.24) is 15.1 Å². The molecular weight excluding hydrogens is 567 g/mol. The molecule has 2 heterocycles. The highest BCUT2D eigenvalue weighted by Gasteiger charge is 2.28. The molecule has 2 amide bonds. The van der Waals surface area contributed by atoms with Gasteiger partial charge in [0.25, 0.3) is 5.91 Å². The normalized spacial score (nSPS) is 13.2. The van der Waals surface area contributed by atoms with Gasteiger partial charge in [-0.05, 0) is 72.3 Å². The van der Waals surface area contributed by atoms with Gasteiger partial charge in [0.2, 0.25) is 0 Å². The zero-order valence-electron chi connectivity index (χ0n) is 21.2. The molecule has 3 N–H and O–H groups in total. The van der Waals surface area contributed by atoms with E-state index in [2.05, 4.69) is 15.7 Å². The van der Waals surface area contributed by atoms with Crippen LogP contribution in [0.25, 0.3) is 21.3 Å². The number of aromatic hydroxyl groups is 1. The quantitative estimate of drug-likeness (QED) is 0.174. The number of hydrogen-bond acceptors (Lipinski definition) is 5. The Labute approximate surface area is 244 Å². The van der Waals surface area contributed by atoms with Crippen molar-refractivity contribution >= 4 is 62.3 Å². The second-order valence-electron chi connectivity index (χ2n) is 9.74. The predicted molar refractivity (Wildman–Crippen MR) is 160 cm³/mol. The van der Waals surface area contributed by atoms with Crippen LogP contribution in [-0.2, 0) is 6.54 Å². The lowest BCUT2D eigenvalue weighted by molar-refractivity contribution is 0.103. The number of rotatable bonds is 6. The lowest BCUT2D eigenvalue weighted by Gasteiger charge is -2.25. The van der Waals surface area contributed by atoms with Crippen LogP contribution in [0.15, 0.2) is 72.8 Å². The molecule has 5 aromatic rings. The third-order valence-corrected chi connectivity index (χ3v) is 8.91. The number of phenolic OH excluding ortho intramolecular Hbond substituents is 1. The fraction of sp³-hybridized carbons (Fsp3) is 0.167. The van der Waals surface area contributed by atoms with Crippen LogP contribution < -0.4 is 10.6 Å². The maximum absolute atomic E-state index is 13.2. The van der Waals surface area contributed by atoms with Gasteiger partial charge in [-0.3, -0.25) is 4.79 Å². The van der Waals surface area contributed by atoms with Crippen molar-refractivity contribution in [3.8, 4) is 17.0 Å². The molecule has 40 heavy (non-hydrogen) atoms. The molecular formula is C30H24Cl2N4O3S. The van der Waals surface area contributed by atoms with Crippen molar-refractivity contribution in [3.05, 3.63) is 99.0 Å². The van der Waals surface area contributed by atoms with E-state index < -0.39 is 0 Å². The Morgan fingerprint density at radius 1 is 1.00 bits per heavy atom. The van der Waals surface area contributed by atoms with Gasteiger partial charge in [0, 0.05) is 28.4 Å². The Hall–Kier alpha value is -3.85. The molecule has 0 atom stereocenters. The number of carbonyl (C=O) groups is 2. The number of hydrogen-bond donors (Lipinski definition) is 3. The van der Waals surface area contributed by atoms with Gasteiger partial charge >= 0.3 is 6.03 Å². The van der Waals surface area contributed by atoms with Gasteiger partial charge in [0.1, 0.15) is 5.75 Å². The maximum atomic E-state index is 13.2. The second-order valence-corrected chi connectivity index (χ2v) is 11.6. The number of phenols is 1. The summed E-state index contributed by atoms with van der Waals surface area (Å²) in [6.45, 7) is 0.250. The number of halogens is 2. The molecule has 0 saturated heterocycles. The number of thiophene rings is 1. The third-order valence-electron chi connectivity index (χ3n) is 7.06. The SMILES string of the molecule is O=C(Nc1ccc(O)c(-c2cc(C3CCC3)n(C(=O)NCc3ccc(Cl)c(Cl)c3)n2)c1)c1cc2ccccc2s1. The van der Waals surface area contributed by atoms with E-state index in [1.807, 2.05) is 36.4 Å². The molecule has 0 unspecified atom stereocenters. The second kappa shape index (κ2) is 11.0. The highest BCUT2D eigenvalue weighted by atomic mass is 35.5. The summed E-state index contributed by atoms with van der Waals surface area (Å²) < 4.78 is 2.41. The summed E-state index contributed by atoms with van der Waals surface area (Å²) in [6.07, 6.45) is 3.01. The first-order valence-corrected chi connectivity index (χ1v) is 14.4. The highest BCUT2D eigenvalue weighted by molar-refractivity contribution is 7.20. The van der Waals surface area contributed by atoms with Crippen LogP contribution >= 0.6 is 34.5 Å². The molecule has 0 bridgehead atoms. The van der Waals surface area contributed by atoms with Crippen LogP contribution in [0.5, 0.6) is 5.75 Å². The molecule has 0 spiro atoms. The number of amides is 2. The summed E-state index contributed by atoms with van der Waals surface area (Å²) in [6, 6.07) is 21.2. The van der Waals surface area contributed by atoms with E-state index in [-0.39, 0.29) is 30.2 Å². The molecule has 202 valence electrons. The largest absolute Gasteiger partial charge is 0.507 e. The van der Waals surface area contributed by atoms with Crippen molar-refractivity contribution in [2.45, 2.75) is 31.7 Å². The Kier molecular flexibility index (Phi) is 7.23. The summed E-state index contributed by atoms with van der Waals surface area (Å²) in [5.41, 5.74) is 2.97. The Bertz CT molecular complexity index is 1730. The van der Waals surface area contributed by atoms with Gasteiger partial charge in [-0.15, -0.1) is 11.3 Å². The summed E-state index contributed by atoms with van der Waals surface area (Å²) >= 11 is 13.5. The van der Waals surface area contributed by atoms with E-state index in [0.29, 0.717) is 31.9 Å². The number of aromatic nitrogens is 2. The predicted octanol–water partition coefficient (Wildman–Crippen LogP) is 8.05. The zero-order chi connectivity index (χ0) is 27.8. The van der Waals surface area contributed by atoms with Crippen LogP contribution in [0.2, 0.25) is 10.0 Å². The summed E-state index contributed by atoms with van der Waals surface area (Å²) in [5.74, 6) is -0.0314. The van der Waals surface area contributed by atoms with Gasteiger partial charge < -0.3 is 15.7 Å². The first-order valence-electron chi connectivity index (χ1n) is 12.8. The Morgan fingerprint density at radius 3 is 2.58 bits per heavy atom. The number of nitrogens with one attached hydrogen (secondary N) is 2. The van der Waals surface area contributed by atoms with Crippen LogP contribution in [0.4, 0.5) is 10.5 Å². The van der Waals surface area contributed by atoms with Crippen molar-refractivity contribution < 1.29 is 14.7 Å². The summed E-state index contributed by atoms with van der Waals surface area (Å²) in [5, 5.41) is 23.0. The molecule has 0 aliphatic heterocycles. The fourth-order valence-electron chi connectivity index (χ4n) is 4.69. The number of anilines is 1. The minimum absolute atomic E-state index is 0.000819. The van der Waals surface area contributed by atoms with Gasteiger partial charge in [0.15, 0.2) is 0 Å². The average Bonchev–Trinajstić information content (AvgIpc) is 3.54. The molecule has 6 rings (SSSR count). The first-order chi connectivity index (χ1) is 19.4.